The fourth-order valence-electron chi connectivity index (χ4n) is 2.57. The Kier molecular flexibility index (Phi) is 3.68. The molecule has 0 bridgehead atoms. The average molecular weight is 349 g/mol. The van der Waals surface area contributed by atoms with Crippen LogP contribution in [0.5, 0.6) is 0 Å². The summed E-state index contributed by atoms with van der Waals surface area (Å²) in [6.45, 7) is 0.163. The molecule has 0 atom stereocenters. The van der Waals surface area contributed by atoms with E-state index in [1.807, 2.05) is 0 Å². The molecule has 0 spiro atoms. The van der Waals surface area contributed by atoms with Crippen LogP contribution in [0.2, 0.25) is 0 Å². The molecule has 9 nitrogen and oxygen atoms in total. The second-order valence-electron chi connectivity index (χ2n) is 5.15. The van der Waals surface area contributed by atoms with Gasteiger partial charge < -0.3 is 0 Å². The van der Waals surface area contributed by atoms with Crippen LogP contribution >= 0.6 is 0 Å². The quantitative estimate of drug-likeness (QED) is 0.616. The Morgan fingerprint density at radius 2 is 1.50 bits per heavy atom. The molecule has 2 aromatic rings. The molecule has 0 saturated carbocycles. The summed E-state index contributed by atoms with van der Waals surface area (Å²) in [5, 5.41) is 21.6. The Morgan fingerprint density at radius 3 is 2.08 bits per heavy atom. The van der Waals surface area contributed by atoms with Gasteiger partial charge in [0.2, 0.25) is 0 Å². The molecule has 2 aromatic carbocycles. The van der Waals surface area contributed by atoms with E-state index in [4.69, 9.17) is 0 Å². The summed E-state index contributed by atoms with van der Waals surface area (Å²) >= 11 is 0. The third-order valence-corrected chi connectivity index (χ3v) is 5.60. The highest BCUT2D eigenvalue weighted by Crippen LogP contribution is 2.35. The monoisotopic (exact) mass is 349 g/mol. The largest absolute Gasteiger partial charge is 0.271 e. The van der Waals surface area contributed by atoms with E-state index >= 15 is 0 Å². The summed E-state index contributed by atoms with van der Waals surface area (Å²) in [4.78, 5) is 20.3. The summed E-state index contributed by atoms with van der Waals surface area (Å²) in [5.74, 6) is 0. The first-order chi connectivity index (χ1) is 11.3. The van der Waals surface area contributed by atoms with Gasteiger partial charge in [-0.05, 0) is 24.1 Å². The van der Waals surface area contributed by atoms with E-state index in [-0.39, 0.29) is 28.5 Å². The van der Waals surface area contributed by atoms with Crippen molar-refractivity contribution in [2.45, 2.75) is 11.3 Å². The van der Waals surface area contributed by atoms with E-state index in [0.29, 0.717) is 12.0 Å². The Morgan fingerprint density at radius 1 is 0.917 bits per heavy atom. The normalized spacial score (nSPS) is 13.6. The van der Waals surface area contributed by atoms with Crippen molar-refractivity contribution in [3.63, 3.8) is 0 Å². The number of rotatable bonds is 4. The molecule has 24 heavy (non-hydrogen) atoms. The fraction of sp³-hybridized carbons (Fsp3) is 0.143. The summed E-state index contributed by atoms with van der Waals surface area (Å²) < 4.78 is 26.6. The Labute approximate surface area is 136 Å². The molecular formula is C14H11N3O6S. The van der Waals surface area contributed by atoms with Crippen LogP contribution in [0, 0.1) is 20.2 Å². The maximum Gasteiger partial charge on any atom is 0.271 e. The summed E-state index contributed by atoms with van der Waals surface area (Å²) in [5.41, 5.74) is 0.555. The highest BCUT2D eigenvalue weighted by atomic mass is 32.2. The van der Waals surface area contributed by atoms with Crippen LogP contribution in [0.1, 0.15) is 5.56 Å². The number of anilines is 1. The Bertz CT molecular complexity index is 939. The van der Waals surface area contributed by atoms with Gasteiger partial charge in [0.1, 0.15) is 0 Å². The zero-order valence-electron chi connectivity index (χ0n) is 12.2. The first kappa shape index (κ1) is 15.9. The summed E-state index contributed by atoms with van der Waals surface area (Å²) in [6.07, 6.45) is 0.444. The van der Waals surface area contributed by atoms with Gasteiger partial charge in [-0.3, -0.25) is 24.5 Å². The van der Waals surface area contributed by atoms with Crippen molar-refractivity contribution < 1.29 is 18.3 Å². The number of non-ortho nitro benzene ring substituents is 2. The van der Waals surface area contributed by atoms with Crippen LogP contribution in [0.25, 0.3) is 0 Å². The highest BCUT2D eigenvalue weighted by Gasteiger charge is 2.32. The minimum absolute atomic E-state index is 0.104. The van der Waals surface area contributed by atoms with Gasteiger partial charge in [-0.25, -0.2) is 8.42 Å². The lowest BCUT2D eigenvalue weighted by atomic mass is 10.1. The predicted octanol–water partition coefficient (Wildman–Crippen LogP) is 2.25. The van der Waals surface area contributed by atoms with Crippen LogP contribution in [0.3, 0.4) is 0 Å². The van der Waals surface area contributed by atoms with Gasteiger partial charge in [-0.15, -0.1) is 0 Å². The van der Waals surface area contributed by atoms with Crippen molar-refractivity contribution in [1.82, 2.24) is 0 Å². The highest BCUT2D eigenvalue weighted by molar-refractivity contribution is 7.92. The van der Waals surface area contributed by atoms with Gasteiger partial charge in [0.25, 0.3) is 21.4 Å². The first-order valence-electron chi connectivity index (χ1n) is 6.85. The van der Waals surface area contributed by atoms with Gasteiger partial charge >= 0.3 is 0 Å². The van der Waals surface area contributed by atoms with Crippen molar-refractivity contribution in [2.75, 3.05) is 10.8 Å². The number of nitro groups is 2. The third kappa shape index (κ3) is 2.56. The number of nitrogens with zero attached hydrogens (tertiary/aromatic N) is 3. The lowest BCUT2D eigenvalue weighted by Crippen LogP contribution is -2.29. The first-order valence-corrected chi connectivity index (χ1v) is 8.29. The smallest absolute Gasteiger partial charge is 0.265 e. The van der Waals surface area contributed by atoms with E-state index in [1.54, 1.807) is 6.07 Å². The van der Waals surface area contributed by atoms with E-state index in [2.05, 4.69) is 0 Å². The number of hydrogen-bond acceptors (Lipinski definition) is 6. The number of benzene rings is 2. The lowest BCUT2D eigenvalue weighted by Gasteiger charge is -2.19. The van der Waals surface area contributed by atoms with Crippen molar-refractivity contribution in [3.05, 3.63) is 68.3 Å². The minimum Gasteiger partial charge on any atom is -0.265 e. The van der Waals surface area contributed by atoms with Crippen LogP contribution in [-0.4, -0.2) is 24.8 Å². The predicted molar refractivity (Wildman–Crippen MR) is 84.4 cm³/mol. The molecule has 0 amide bonds. The molecule has 10 heteroatoms. The molecule has 3 rings (SSSR count). The molecule has 0 unspecified atom stereocenters. The van der Waals surface area contributed by atoms with Crippen LogP contribution in [0.15, 0.2) is 47.4 Å². The standard InChI is InChI=1S/C14H11N3O6S/c18-16(19)11-3-5-13(6-4-11)24(22,23)15-8-7-10-1-2-12(17(20)21)9-14(10)15/h1-6,9H,7-8H2. The maximum atomic E-state index is 12.7. The van der Waals surface area contributed by atoms with Gasteiger partial charge in [0.15, 0.2) is 0 Å². The second kappa shape index (κ2) is 5.57. The molecular weight excluding hydrogens is 338 g/mol. The molecule has 1 aliphatic rings. The molecule has 0 saturated heterocycles. The van der Waals surface area contributed by atoms with Crippen molar-refractivity contribution in [3.8, 4) is 0 Å². The van der Waals surface area contributed by atoms with Crippen molar-refractivity contribution in [1.29, 1.82) is 0 Å². The van der Waals surface area contributed by atoms with Crippen molar-refractivity contribution >= 4 is 27.1 Å². The van der Waals surface area contributed by atoms with E-state index < -0.39 is 19.9 Å². The molecule has 1 aliphatic heterocycles. The summed E-state index contributed by atoms with van der Waals surface area (Å²) in [7, 11) is -3.95. The molecule has 0 aromatic heterocycles. The number of fused-ring (bicyclic) bond motifs is 1. The van der Waals surface area contributed by atoms with E-state index in [9.17, 15) is 28.6 Å². The van der Waals surface area contributed by atoms with Gasteiger partial charge in [0, 0.05) is 30.8 Å². The fourth-order valence-corrected chi connectivity index (χ4v) is 4.06. The topological polar surface area (TPSA) is 124 Å². The third-order valence-electron chi connectivity index (χ3n) is 3.77. The van der Waals surface area contributed by atoms with Crippen LogP contribution in [0.4, 0.5) is 17.1 Å². The minimum atomic E-state index is -3.95. The summed E-state index contributed by atoms with van der Waals surface area (Å²) in [6, 6.07) is 8.63. The van der Waals surface area contributed by atoms with Gasteiger partial charge in [0.05, 0.1) is 20.4 Å². The maximum absolute atomic E-state index is 12.7. The van der Waals surface area contributed by atoms with Crippen LogP contribution in [-0.2, 0) is 16.4 Å². The SMILES string of the molecule is O=[N+]([O-])c1ccc(S(=O)(=O)N2CCc3ccc([N+](=O)[O-])cc32)cc1. The van der Waals surface area contributed by atoms with Gasteiger partial charge in [-0.2, -0.15) is 0 Å². The Hall–Kier alpha value is -3.01. The van der Waals surface area contributed by atoms with Crippen molar-refractivity contribution in [2.24, 2.45) is 0 Å². The Balaban J connectivity index is 2.02. The molecule has 124 valence electrons. The van der Waals surface area contributed by atoms with Gasteiger partial charge in [-0.1, -0.05) is 6.07 Å². The lowest BCUT2D eigenvalue weighted by molar-refractivity contribution is -0.385. The van der Waals surface area contributed by atoms with Crippen LogP contribution < -0.4 is 4.31 Å². The number of nitro benzene ring substituents is 2. The second-order valence-corrected chi connectivity index (χ2v) is 7.01. The number of hydrogen-bond donors (Lipinski definition) is 0. The molecule has 0 aliphatic carbocycles. The molecule has 0 fully saturated rings. The van der Waals surface area contributed by atoms with E-state index in [1.165, 1.54) is 12.1 Å². The zero-order valence-corrected chi connectivity index (χ0v) is 13.0. The van der Waals surface area contributed by atoms with E-state index in [0.717, 1.165) is 28.6 Å². The molecule has 0 N–H and O–H groups in total. The number of sulfonamides is 1. The molecule has 0 radical (unpaired) electrons. The molecule has 1 heterocycles. The average Bonchev–Trinajstić information content (AvgIpc) is 2.98. The zero-order chi connectivity index (χ0) is 17.5.